The highest BCUT2D eigenvalue weighted by atomic mass is 32.2. The number of amides is 1. The fourth-order valence-electron chi connectivity index (χ4n) is 2.61. The second kappa shape index (κ2) is 11.2. The van der Waals surface area contributed by atoms with Gasteiger partial charge in [-0.1, -0.05) is 26.0 Å². The third-order valence-corrected chi connectivity index (χ3v) is 6.00. The van der Waals surface area contributed by atoms with E-state index in [-0.39, 0.29) is 16.0 Å². The van der Waals surface area contributed by atoms with E-state index < -0.39 is 15.9 Å². The fourth-order valence-corrected chi connectivity index (χ4v) is 4.07. The lowest BCUT2D eigenvalue weighted by atomic mass is 10.1. The number of anilines is 1. The lowest BCUT2D eigenvalue weighted by Crippen LogP contribution is -2.34. The van der Waals surface area contributed by atoms with Gasteiger partial charge in [-0.05, 0) is 74.8 Å². The van der Waals surface area contributed by atoms with Gasteiger partial charge in [0, 0.05) is 11.7 Å². The molecule has 0 aliphatic heterocycles. The maximum atomic E-state index is 12.6. The van der Waals surface area contributed by atoms with Crippen molar-refractivity contribution in [2.75, 3.05) is 11.9 Å². The van der Waals surface area contributed by atoms with E-state index in [9.17, 15) is 13.2 Å². The SMILES string of the molecule is CC(C)CCOc1ccccc1C(=O)NC(=S)Nc1ccc(S(=O)(=O)NC(C)C)cc1. The molecule has 168 valence electrons. The average molecular weight is 464 g/mol. The third kappa shape index (κ3) is 7.93. The van der Waals surface area contributed by atoms with Gasteiger partial charge < -0.3 is 10.1 Å². The number of rotatable bonds is 9. The van der Waals surface area contributed by atoms with Crippen molar-refractivity contribution in [2.45, 2.75) is 45.1 Å². The molecule has 7 nitrogen and oxygen atoms in total. The lowest BCUT2D eigenvalue weighted by Gasteiger charge is -2.14. The van der Waals surface area contributed by atoms with Gasteiger partial charge in [-0.2, -0.15) is 0 Å². The third-order valence-electron chi connectivity index (χ3n) is 4.12. The number of para-hydroxylation sites is 1. The fraction of sp³-hybridized carbons (Fsp3) is 0.364. The van der Waals surface area contributed by atoms with Crippen LogP contribution in [0.4, 0.5) is 5.69 Å². The van der Waals surface area contributed by atoms with Gasteiger partial charge in [0.1, 0.15) is 5.75 Å². The van der Waals surface area contributed by atoms with Crippen LogP contribution in [-0.2, 0) is 10.0 Å². The first-order valence-electron chi connectivity index (χ1n) is 10.0. The maximum absolute atomic E-state index is 12.6. The quantitative estimate of drug-likeness (QED) is 0.488. The molecule has 9 heteroatoms. The summed E-state index contributed by atoms with van der Waals surface area (Å²) >= 11 is 5.23. The average Bonchev–Trinajstić information content (AvgIpc) is 2.67. The van der Waals surface area contributed by atoms with Crippen molar-refractivity contribution in [3.8, 4) is 5.75 Å². The van der Waals surface area contributed by atoms with Gasteiger partial charge >= 0.3 is 0 Å². The molecule has 0 bridgehead atoms. The number of carbonyl (C=O) groups is 1. The molecule has 2 rings (SSSR count). The van der Waals surface area contributed by atoms with Crippen molar-refractivity contribution >= 4 is 38.9 Å². The van der Waals surface area contributed by atoms with Crippen LogP contribution < -0.4 is 20.1 Å². The number of hydrogen-bond acceptors (Lipinski definition) is 5. The summed E-state index contributed by atoms with van der Waals surface area (Å²) in [6.07, 6.45) is 0.883. The van der Waals surface area contributed by atoms with Crippen LogP contribution in [0.5, 0.6) is 5.75 Å². The Hall–Kier alpha value is -2.49. The van der Waals surface area contributed by atoms with Gasteiger partial charge in [0.25, 0.3) is 5.91 Å². The zero-order valence-corrected chi connectivity index (χ0v) is 19.8. The van der Waals surface area contributed by atoms with E-state index in [1.165, 1.54) is 12.1 Å². The number of ether oxygens (including phenoxy) is 1. The van der Waals surface area contributed by atoms with Crippen molar-refractivity contribution in [1.82, 2.24) is 10.0 Å². The van der Waals surface area contributed by atoms with E-state index in [0.29, 0.717) is 29.5 Å². The van der Waals surface area contributed by atoms with Crippen molar-refractivity contribution in [2.24, 2.45) is 5.92 Å². The van der Waals surface area contributed by atoms with E-state index >= 15 is 0 Å². The number of hydrogen-bond donors (Lipinski definition) is 3. The van der Waals surface area contributed by atoms with Gasteiger partial charge in [0.2, 0.25) is 10.0 Å². The Morgan fingerprint density at radius 3 is 2.29 bits per heavy atom. The van der Waals surface area contributed by atoms with Crippen molar-refractivity contribution < 1.29 is 17.9 Å². The second-order valence-corrected chi connectivity index (χ2v) is 9.86. The molecule has 0 fully saturated rings. The molecule has 0 unspecified atom stereocenters. The first-order valence-corrected chi connectivity index (χ1v) is 11.9. The lowest BCUT2D eigenvalue weighted by molar-refractivity contribution is 0.0973. The Labute approximate surface area is 189 Å². The van der Waals surface area contributed by atoms with Gasteiger partial charge in [0.05, 0.1) is 17.1 Å². The van der Waals surface area contributed by atoms with Crippen LogP contribution in [0.15, 0.2) is 53.4 Å². The molecule has 0 atom stereocenters. The van der Waals surface area contributed by atoms with Gasteiger partial charge in [-0.25, -0.2) is 13.1 Å². The highest BCUT2D eigenvalue weighted by Crippen LogP contribution is 2.19. The molecule has 3 N–H and O–H groups in total. The maximum Gasteiger partial charge on any atom is 0.261 e. The highest BCUT2D eigenvalue weighted by molar-refractivity contribution is 7.89. The van der Waals surface area contributed by atoms with Crippen LogP contribution in [0.25, 0.3) is 0 Å². The molecule has 0 aliphatic rings. The Morgan fingerprint density at radius 2 is 1.68 bits per heavy atom. The van der Waals surface area contributed by atoms with Crippen LogP contribution in [0.1, 0.15) is 44.5 Å². The standard InChI is InChI=1S/C22H29N3O4S2/c1-15(2)13-14-29-20-8-6-5-7-19(20)21(26)24-22(30)23-17-9-11-18(12-10-17)31(27,28)25-16(3)4/h5-12,15-16,25H,13-14H2,1-4H3,(H2,23,24,26,30). The van der Waals surface area contributed by atoms with Crippen molar-refractivity contribution in [3.63, 3.8) is 0 Å². The molecular weight excluding hydrogens is 434 g/mol. The van der Waals surface area contributed by atoms with E-state index in [1.807, 2.05) is 6.07 Å². The molecule has 0 saturated carbocycles. The Balaban J connectivity index is 1.99. The van der Waals surface area contributed by atoms with E-state index in [2.05, 4.69) is 29.2 Å². The molecule has 2 aromatic carbocycles. The summed E-state index contributed by atoms with van der Waals surface area (Å²) in [5.41, 5.74) is 0.937. The van der Waals surface area contributed by atoms with E-state index in [1.54, 1.807) is 44.2 Å². The molecule has 1 amide bonds. The molecule has 0 heterocycles. The summed E-state index contributed by atoms with van der Waals surface area (Å²) in [5.74, 6) is 0.605. The largest absolute Gasteiger partial charge is 0.493 e. The summed E-state index contributed by atoms with van der Waals surface area (Å²) < 4.78 is 32.7. The molecule has 31 heavy (non-hydrogen) atoms. The van der Waals surface area contributed by atoms with Gasteiger partial charge in [-0.15, -0.1) is 0 Å². The molecule has 0 spiro atoms. The summed E-state index contributed by atoms with van der Waals surface area (Å²) in [6, 6.07) is 12.9. The zero-order valence-electron chi connectivity index (χ0n) is 18.1. The van der Waals surface area contributed by atoms with Crippen molar-refractivity contribution in [3.05, 3.63) is 54.1 Å². The smallest absolute Gasteiger partial charge is 0.261 e. The van der Waals surface area contributed by atoms with Crippen LogP contribution >= 0.6 is 12.2 Å². The number of nitrogens with one attached hydrogen (secondary N) is 3. The minimum atomic E-state index is -3.57. The minimum absolute atomic E-state index is 0.0953. The Kier molecular flexibility index (Phi) is 8.97. The number of carbonyl (C=O) groups excluding carboxylic acids is 1. The molecular formula is C22H29N3O4S2. The van der Waals surface area contributed by atoms with Crippen LogP contribution in [0.2, 0.25) is 0 Å². The first kappa shape index (κ1) is 24.8. The second-order valence-electron chi connectivity index (χ2n) is 7.74. The van der Waals surface area contributed by atoms with E-state index in [0.717, 1.165) is 6.42 Å². The van der Waals surface area contributed by atoms with Gasteiger partial charge in [0.15, 0.2) is 5.11 Å². The molecule has 0 saturated heterocycles. The normalized spacial score (nSPS) is 11.4. The summed E-state index contributed by atoms with van der Waals surface area (Å²) in [6.45, 7) is 8.24. The molecule has 2 aromatic rings. The number of sulfonamides is 1. The Bertz CT molecular complexity index is 1000. The predicted octanol–water partition coefficient (Wildman–Crippen LogP) is 3.93. The Morgan fingerprint density at radius 1 is 1.03 bits per heavy atom. The first-order chi connectivity index (χ1) is 14.6. The monoisotopic (exact) mass is 463 g/mol. The van der Waals surface area contributed by atoms with E-state index in [4.69, 9.17) is 17.0 Å². The van der Waals surface area contributed by atoms with Crippen LogP contribution in [0, 0.1) is 5.92 Å². The molecule has 0 aliphatic carbocycles. The topological polar surface area (TPSA) is 96.5 Å². The summed E-state index contributed by atoms with van der Waals surface area (Å²) in [4.78, 5) is 12.8. The predicted molar refractivity (Wildman–Crippen MR) is 127 cm³/mol. The number of thiocarbonyl (C=S) groups is 1. The summed E-state index contributed by atoms with van der Waals surface area (Å²) in [7, 11) is -3.57. The number of benzene rings is 2. The summed E-state index contributed by atoms with van der Waals surface area (Å²) in [5, 5.41) is 5.60. The zero-order chi connectivity index (χ0) is 23.0. The minimum Gasteiger partial charge on any atom is -0.493 e. The highest BCUT2D eigenvalue weighted by Gasteiger charge is 2.16. The van der Waals surface area contributed by atoms with Crippen LogP contribution in [-0.4, -0.2) is 32.1 Å². The van der Waals surface area contributed by atoms with Gasteiger partial charge in [-0.3, -0.25) is 10.1 Å². The van der Waals surface area contributed by atoms with Crippen LogP contribution in [0.3, 0.4) is 0 Å². The molecule has 0 radical (unpaired) electrons. The molecule has 0 aromatic heterocycles. The van der Waals surface area contributed by atoms with Crippen molar-refractivity contribution in [1.29, 1.82) is 0 Å².